The fourth-order valence-corrected chi connectivity index (χ4v) is 1.20. The fourth-order valence-electron chi connectivity index (χ4n) is 1.20. The molecule has 0 aliphatic heterocycles. The molecule has 1 aromatic rings. The highest BCUT2D eigenvalue weighted by atomic mass is 16.2. The standard InChI is InChI=1S/C11H19N5O2/c1-4-5-12-8(17)6-13-11(18)10-14-9(7(2)3)15-16-10/h7H,4-6H2,1-3H3,(H,12,17)(H,13,18)(H,14,15,16). The van der Waals surface area contributed by atoms with Crippen molar-refractivity contribution in [3.63, 3.8) is 0 Å². The summed E-state index contributed by atoms with van der Waals surface area (Å²) in [5.74, 6) is 0.207. The van der Waals surface area contributed by atoms with E-state index in [2.05, 4.69) is 25.8 Å². The summed E-state index contributed by atoms with van der Waals surface area (Å²) < 4.78 is 0. The fraction of sp³-hybridized carbons (Fsp3) is 0.636. The zero-order valence-corrected chi connectivity index (χ0v) is 10.9. The van der Waals surface area contributed by atoms with E-state index in [1.807, 2.05) is 20.8 Å². The van der Waals surface area contributed by atoms with Crippen LogP contribution in [0.4, 0.5) is 0 Å². The van der Waals surface area contributed by atoms with Crippen LogP contribution in [-0.2, 0) is 4.79 Å². The zero-order chi connectivity index (χ0) is 13.5. The van der Waals surface area contributed by atoms with Crippen molar-refractivity contribution in [2.45, 2.75) is 33.1 Å². The molecule has 0 spiro atoms. The summed E-state index contributed by atoms with van der Waals surface area (Å²) >= 11 is 0. The molecule has 0 saturated heterocycles. The maximum Gasteiger partial charge on any atom is 0.291 e. The van der Waals surface area contributed by atoms with E-state index in [1.165, 1.54) is 0 Å². The molecule has 3 N–H and O–H groups in total. The van der Waals surface area contributed by atoms with E-state index >= 15 is 0 Å². The first-order valence-corrected chi connectivity index (χ1v) is 6.01. The summed E-state index contributed by atoms with van der Waals surface area (Å²) in [5.41, 5.74) is 0. The molecule has 0 bridgehead atoms. The lowest BCUT2D eigenvalue weighted by Gasteiger charge is -2.03. The topological polar surface area (TPSA) is 99.8 Å². The summed E-state index contributed by atoms with van der Waals surface area (Å²) in [5, 5.41) is 11.6. The van der Waals surface area contributed by atoms with Crippen molar-refractivity contribution in [1.82, 2.24) is 25.8 Å². The first kappa shape index (κ1) is 14.1. The molecular formula is C11H19N5O2. The van der Waals surface area contributed by atoms with Crippen LogP contribution in [0.2, 0.25) is 0 Å². The Hall–Kier alpha value is -1.92. The molecule has 0 saturated carbocycles. The van der Waals surface area contributed by atoms with Crippen LogP contribution in [0.1, 0.15) is 49.6 Å². The average Bonchev–Trinajstić information content (AvgIpc) is 2.83. The second kappa shape index (κ2) is 6.73. The Balaban J connectivity index is 2.42. The van der Waals surface area contributed by atoms with E-state index in [4.69, 9.17) is 0 Å². The summed E-state index contributed by atoms with van der Waals surface area (Å²) in [6.45, 7) is 6.39. The van der Waals surface area contributed by atoms with Crippen LogP contribution in [0.25, 0.3) is 0 Å². The number of nitrogens with one attached hydrogen (secondary N) is 3. The number of aromatic amines is 1. The SMILES string of the molecule is CCCNC(=O)CNC(=O)c1n[nH]c(C(C)C)n1. The number of amides is 2. The summed E-state index contributed by atoms with van der Waals surface area (Å²) in [6.07, 6.45) is 0.859. The Labute approximate surface area is 106 Å². The number of hydrogen-bond donors (Lipinski definition) is 3. The van der Waals surface area contributed by atoms with Gasteiger partial charge < -0.3 is 10.6 Å². The predicted molar refractivity (Wildman–Crippen MR) is 66.1 cm³/mol. The molecule has 1 heterocycles. The van der Waals surface area contributed by atoms with Gasteiger partial charge in [-0.2, -0.15) is 0 Å². The van der Waals surface area contributed by atoms with Gasteiger partial charge in [0, 0.05) is 12.5 Å². The number of carbonyl (C=O) groups excluding carboxylic acids is 2. The van der Waals surface area contributed by atoms with Crippen LogP contribution in [-0.4, -0.2) is 40.1 Å². The van der Waals surface area contributed by atoms with E-state index in [-0.39, 0.29) is 24.2 Å². The highest BCUT2D eigenvalue weighted by Gasteiger charge is 2.14. The average molecular weight is 253 g/mol. The van der Waals surface area contributed by atoms with Gasteiger partial charge in [0.25, 0.3) is 5.91 Å². The molecule has 0 fully saturated rings. The van der Waals surface area contributed by atoms with Crippen LogP contribution >= 0.6 is 0 Å². The third kappa shape index (κ3) is 4.15. The molecule has 0 aliphatic carbocycles. The lowest BCUT2D eigenvalue weighted by atomic mass is 10.2. The molecule has 100 valence electrons. The number of H-pyrrole nitrogens is 1. The Kier molecular flexibility index (Phi) is 5.29. The van der Waals surface area contributed by atoms with Crippen LogP contribution in [0.15, 0.2) is 0 Å². The molecule has 0 aliphatic rings. The Morgan fingerprint density at radius 1 is 1.33 bits per heavy atom. The first-order chi connectivity index (χ1) is 8.54. The van der Waals surface area contributed by atoms with E-state index in [9.17, 15) is 9.59 Å². The molecule has 0 radical (unpaired) electrons. The normalized spacial score (nSPS) is 10.4. The van der Waals surface area contributed by atoms with Gasteiger partial charge >= 0.3 is 0 Å². The summed E-state index contributed by atoms with van der Waals surface area (Å²) in [4.78, 5) is 26.9. The van der Waals surface area contributed by atoms with E-state index in [1.54, 1.807) is 0 Å². The third-order valence-electron chi connectivity index (χ3n) is 2.23. The van der Waals surface area contributed by atoms with Crippen molar-refractivity contribution in [2.75, 3.05) is 13.1 Å². The largest absolute Gasteiger partial charge is 0.355 e. The van der Waals surface area contributed by atoms with Crippen LogP contribution in [0.5, 0.6) is 0 Å². The highest BCUT2D eigenvalue weighted by molar-refractivity contribution is 5.93. The van der Waals surface area contributed by atoms with Gasteiger partial charge in [0.2, 0.25) is 11.7 Å². The zero-order valence-electron chi connectivity index (χ0n) is 10.9. The number of carbonyl (C=O) groups is 2. The van der Waals surface area contributed by atoms with Crippen LogP contribution in [0.3, 0.4) is 0 Å². The van der Waals surface area contributed by atoms with Crippen molar-refractivity contribution in [3.05, 3.63) is 11.6 Å². The molecule has 0 aromatic carbocycles. The minimum Gasteiger partial charge on any atom is -0.355 e. The number of hydrogen-bond acceptors (Lipinski definition) is 4. The predicted octanol–water partition coefficient (Wildman–Crippen LogP) is 0.184. The van der Waals surface area contributed by atoms with Crippen molar-refractivity contribution < 1.29 is 9.59 Å². The molecule has 7 heteroatoms. The molecule has 0 atom stereocenters. The molecule has 18 heavy (non-hydrogen) atoms. The van der Waals surface area contributed by atoms with E-state index < -0.39 is 5.91 Å². The molecule has 2 amide bonds. The molecular weight excluding hydrogens is 234 g/mol. The van der Waals surface area contributed by atoms with Crippen molar-refractivity contribution >= 4 is 11.8 Å². The minimum absolute atomic E-state index is 0.0574. The Morgan fingerprint density at radius 3 is 2.61 bits per heavy atom. The second-order valence-corrected chi connectivity index (χ2v) is 4.23. The maximum atomic E-state index is 11.6. The first-order valence-electron chi connectivity index (χ1n) is 6.01. The number of aromatic nitrogens is 3. The number of rotatable bonds is 6. The van der Waals surface area contributed by atoms with Gasteiger partial charge in [-0.15, -0.1) is 5.10 Å². The monoisotopic (exact) mass is 253 g/mol. The van der Waals surface area contributed by atoms with Crippen molar-refractivity contribution in [2.24, 2.45) is 0 Å². The van der Waals surface area contributed by atoms with Crippen molar-refractivity contribution in [3.8, 4) is 0 Å². The van der Waals surface area contributed by atoms with E-state index in [0.717, 1.165) is 6.42 Å². The molecule has 0 unspecified atom stereocenters. The van der Waals surface area contributed by atoms with Gasteiger partial charge in [0.15, 0.2) is 0 Å². The van der Waals surface area contributed by atoms with Crippen LogP contribution in [0, 0.1) is 0 Å². The number of nitrogens with zero attached hydrogens (tertiary/aromatic N) is 2. The van der Waals surface area contributed by atoms with Gasteiger partial charge in [-0.05, 0) is 6.42 Å². The second-order valence-electron chi connectivity index (χ2n) is 4.23. The molecule has 1 aromatic heterocycles. The van der Waals surface area contributed by atoms with Gasteiger partial charge in [-0.3, -0.25) is 14.7 Å². The Bertz CT molecular complexity index is 413. The molecule has 7 nitrogen and oxygen atoms in total. The Morgan fingerprint density at radius 2 is 2.06 bits per heavy atom. The highest BCUT2D eigenvalue weighted by Crippen LogP contribution is 2.07. The van der Waals surface area contributed by atoms with Crippen molar-refractivity contribution in [1.29, 1.82) is 0 Å². The van der Waals surface area contributed by atoms with Gasteiger partial charge in [-0.25, -0.2) is 4.98 Å². The van der Waals surface area contributed by atoms with E-state index in [0.29, 0.717) is 12.4 Å². The lowest BCUT2D eigenvalue weighted by molar-refractivity contribution is -0.120. The van der Waals surface area contributed by atoms with Gasteiger partial charge in [-0.1, -0.05) is 20.8 Å². The lowest BCUT2D eigenvalue weighted by Crippen LogP contribution is -2.37. The summed E-state index contributed by atoms with van der Waals surface area (Å²) in [6, 6.07) is 0. The van der Waals surface area contributed by atoms with Gasteiger partial charge in [0.05, 0.1) is 6.54 Å². The summed E-state index contributed by atoms with van der Waals surface area (Å²) in [7, 11) is 0. The quantitative estimate of drug-likeness (QED) is 0.673. The third-order valence-corrected chi connectivity index (χ3v) is 2.23. The van der Waals surface area contributed by atoms with Gasteiger partial charge in [0.1, 0.15) is 5.82 Å². The minimum atomic E-state index is -0.454. The molecule has 1 rings (SSSR count). The smallest absolute Gasteiger partial charge is 0.291 e. The van der Waals surface area contributed by atoms with Crippen LogP contribution < -0.4 is 10.6 Å². The maximum absolute atomic E-state index is 11.6.